The number of aryl methyl sites for hydroxylation is 1. The van der Waals surface area contributed by atoms with Crippen LogP contribution in [0.1, 0.15) is 30.9 Å². The van der Waals surface area contributed by atoms with E-state index in [-0.39, 0.29) is 11.7 Å². The van der Waals surface area contributed by atoms with Gasteiger partial charge in [-0.3, -0.25) is 4.79 Å². The highest BCUT2D eigenvalue weighted by Crippen LogP contribution is 2.40. The summed E-state index contributed by atoms with van der Waals surface area (Å²) < 4.78 is 24.8. The van der Waals surface area contributed by atoms with Gasteiger partial charge in [-0.25, -0.2) is 4.39 Å². The number of carbonyl (C=O) groups is 1. The Morgan fingerprint density at radius 3 is 2.55 bits per heavy atom. The minimum Gasteiger partial charge on any atom is -0.496 e. The van der Waals surface area contributed by atoms with E-state index in [4.69, 9.17) is 9.15 Å². The Kier molecular flexibility index (Phi) is 5.14. The standard InChI is InChI=1S/C24H24FNO3/c1-15(12-22(27)26-10-4-5-11-26)19-13-20-21(17-6-8-18(25)9-7-17)14-29-24(20)16(2)23(19)28-3/h6-9,12-14H,4-5,10-11H2,1-3H3/b15-12+. The number of amides is 1. The van der Waals surface area contributed by atoms with E-state index in [0.717, 1.165) is 64.7 Å². The quantitative estimate of drug-likeness (QED) is 0.543. The Morgan fingerprint density at radius 1 is 1.21 bits per heavy atom. The van der Waals surface area contributed by atoms with Crippen molar-refractivity contribution in [1.82, 2.24) is 4.90 Å². The van der Waals surface area contributed by atoms with Gasteiger partial charge < -0.3 is 14.1 Å². The monoisotopic (exact) mass is 393 g/mol. The fourth-order valence-electron chi connectivity index (χ4n) is 4.02. The van der Waals surface area contributed by atoms with E-state index in [0.29, 0.717) is 5.75 Å². The summed E-state index contributed by atoms with van der Waals surface area (Å²) in [6, 6.07) is 8.33. The molecule has 4 rings (SSSR count). The second-order valence-electron chi connectivity index (χ2n) is 7.48. The van der Waals surface area contributed by atoms with Crippen LogP contribution < -0.4 is 4.74 Å². The van der Waals surface area contributed by atoms with Crippen molar-refractivity contribution in [3.8, 4) is 16.9 Å². The van der Waals surface area contributed by atoms with Gasteiger partial charge in [0.05, 0.1) is 13.4 Å². The van der Waals surface area contributed by atoms with Gasteiger partial charge in [0.15, 0.2) is 0 Å². The zero-order valence-corrected chi connectivity index (χ0v) is 16.9. The molecule has 0 N–H and O–H groups in total. The molecular weight excluding hydrogens is 369 g/mol. The average molecular weight is 393 g/mol. The van der Waals surface area contributed by atoms with Crippen molar-refractivity contribution in [2.24, 2.45) is 0 Å². The van der Waals surface area contributed by atoms with Crippen molar-refractivity contribution in [3.63, 3.8) is 0 Å². The Labute approximate surface area is 169 Å². The SMILES string of the molecule is COc1c(/C(C)=C/C(=O)N2CCCC2)cc2c(-c3ccc(F)cc3)coc2c1C. The van der Waals surface area contributed by atoms with Crippen molar-refractivity contribution >= 4 is 22.4 Å². The van der Waals surface area contributed by atoms with E-state index in [1.54, 1.807) is 31.6 Å². The smallest absolute Gasteiger partial charge is 0.246 e. The maximum Gasteiger partial charge on any atom is 0.246 e. The lowest BCUT2D eigenvalue weighted by atomic mass is 9.96. The molecule has 0 bridgehead atoms. The van der Waals surface area contributed by atoms with Gasteiger partial charge in [0.25, 0.3) is 0 Å². The maximum absolute atomic E-state index is 13.3. The number of rotatable bonds is 4. The fraction of sp³-hybridized carbons (Fsp3) is 0.292. The molecule has 4 nitrogen and oxygen atoms in total. The Morgan fingerprint density at radius 2 is 1.90 bits per heavy atom. The Hall–Kier alpha value is -3.08. The largest absolute Gasteiger partial charge is 0.496 e. The second kappa shape index (κ2) is 7.74. The molecule has 5 heteroatoms. The summed E-state index contributed by atoms with van der Waals surface area (Å²) in [5, 5.41) is 0.909. The van der Waals surface area contributed by atoms with Gasteiger partial charge in [0.1, 0.15) is 17.1 Å². The van der Waals surface area contributed by atoms with E-state index in [9.17, 15) is 9.18 Å². The molecule has 0 saturated carbocycles. The predicted octanol–water partition coefficient (Wildman–Crippen LogP) is 5.58. The van der Waals surface area contributed by atoms with Crippen LogP contribution in [0.3, 0.4) is 0 Å². The van der Waals surface area contributed by atoms with Gasteiger partial charge in [-0.15, -0.1) is 0 Å². The number of hydrogen-bond acceptors (Lipinski definition) is 3. The summed E-state index contributed by atoms with van der Waals surface area (Å²) >= 11 is 0. The molecule has 3 aromatic rings. The van der Waals surface area contributed by atoms with Crippen molar-refractivity contribution in [1.29, 1.82) is 0 Å². The summed E-state index contributed by atoms with van der Waals surface area (Å²) in [5.41, 5.74) is 5.05. The van der Waals surface area contributed by atoms with E-state index in [1.165, 1.54) is 12.1 Å². The number of likely N-dealkylation sites (tertiary alicyclic amines) is 1. The maximum atomic E-state index is 13.3. The molecule has 0 radical (unpaired) electrons. The van der Waals surface area contributed by atoms with Gasteiger partial charge >= 0.3 is 0 Å². The molecule has 1 saturated heterocycles. The third kappa shape index (κ3) is 3.53. The minimum absolute atomic E-state index is 0.0331. The van der Waals surface area contributed by atoms with Gasteiger partial charge in [-0.1, -0.05) is 12.1 Å². The summed E-state index contributed by atoms with van der Waals surface area (Å²) in [6.07, 6.45) is 5.49. The zero-order valence-electron chi connectivity index (χ0n) is 16.9. The number of fused-ring (bicyclic) bond motifs is 1. The third-order valence-corrected chi connectivity index (χ3v) is 5.59. The first-order valence-electron chi connectivity index (χ1n) is 9.82. The molecule has 1 amide bonds. The number of allylic oxidation sites excluding steroid dienone is 1. The minimum atomic E-state index is -0.278. The normalized spacial score (nSPS) is 14.6. The lowest BCUT2D eigenvalue weighted by Gasteiger charge is -2.16. The summed E-state index contributed by atoms with van der Waals surface area (Å²) in [6.45, 7) is 5.50. The van der Waals surface area contributed by atoms with E-state index in [1.807, 2.05) is 24.8 Å². The molecule has 1 fully saturated rings. The number of benzene rings is 2. The fourth-order valence-corrected chi connectivity index (χ4v) is 4.02. The highest BCUT2D eigenvalue weighted by atomic mass is 19.1. The van der Waals surface area contributed by atoms with Crippen LogP contribution in [-0.2, 0) is 4.79 Å². The zero-order chi connectivity index (χ0) is 20.5. The van der Waals surface area contributed by atoms with Crippen molar-refractivity contribution in [3.05, 3.63) is 59.6 Å². The molecule has 1 aliphatic rings. The van der Waals surface area contributed by atoms with E-state index >= 15 is 0 Å². The topological polar surface area (TPSA) is 42.7 Å². The Bertz CT molecular complexity index is 1090. The summed E-state index contributed by atoms with van der Waals surface area (Å²) in [7, 11) is 1.62. The Balaban J connectivity index is 1.83. The molecule has 0 atom stereocenters. The summed E-state index contributed by atoms with van der Waals surface area (Å²) in [5.74, 6) is 0.450. The van der Waals surface area contributed by atoms with Crippen LogP contribution in [0.15, 0.2) is 47.1 Å². The number of methoxy groups -OCH3 is 1. The molecule has 0 aliphatic carbocycles. The summed E-state index contributed by atoms with van der Waals surface area (Å²) in [4.78, 5) is 14.5. The van der Waals surface area contributed by atoms with Crippen LogP contribution in [0.5, 0.6) is 5.75 Å². The van der Waals surface area contributed by atoms with Gasteiger partial charge in [-0.05, 0) is 56.0 Å². The number of halogens is 1. The van der Waals surface area contributed by atoms with Gasteiger partial charge in [0.2, 0.25) is 5.91 Å². The lowest BCUT2D eigenvalue weighted by molar-refractivity contribution is -0.124. The third-order valence-electron chi connectivity index (χ3n) is 5.59. The molecule has 2 aromatic carbocycles. The number of carbonyl (C=O) groups excluding carboxylic acids is 1. The van der Waals surface area contributed by atoms with Crippen LogP contribution in [0.2, 0.25) is 0 Å². The van der Waals surface area contributed by atoms with Gasteiger partial charge in [-0.2, -0.15) is 0 Å². The molecule has 0 spiro atoms. The lowest BCUT2D eigenvalue weighted by Crippen LogP contribution is -2.25. The molecule has 2 heterocycles. The van der Waals surface area contributed by atoms with E-state index < -0.39 is 0 Å². The van der Waals surface area contributed by atoms with Crippen LogP contribution in [0.25, 0.3) is 27.7 Å². The number of nitrogens with zero attached hydrogens (tertiary/aromatic N) is 1. The van der Waals surface area contributed by atoms with Gasteiger partial charge in [0, 0.05) is 41.2 Å². The number of furan rings is 1. The number of ether oxygens (including phenoxy) is 1. The van der Waals surface area contributed by atoms with Crippen LogP contribution in [0.4, 0.5) is 4.39 Å². The van der Waals surface area contributed by atoms with Crippen LogP contribution in [0, 0.1) is 12.7 Å². The first-order chi connectivity index (χ1) is 14.0. The number of hydrogen-bond donors (Lipinski definition) is 0. The molecule has 150 valence electrons. The van der Waals surface area contributed by atoms with Crippen molar-refractivity contribution in [2.75, 3.05) is 20.2 Å². The van der Waals surface area contributed by atoms with Crippen molar-refractivity contribution in [2.45, 2.75) is 26.7 Å². The molecule has 29 heavy (non-hydrogen) atoms. The van der Waals surface area contributed by atoms with Crippen LogP contribution >= 0.6 is 0 Å². The highest BCUT2D eigenvalue weighted by molar-refractivity contribution is 6.01. The van der Waals surface area contributed by atoms with E-state index in [2.05, 4.69) is 0 Å². The first-order valence-corrected chi connectivity index (χ1v) is 9.82. The molecule has 0 unspecified atom stereocenters. The molecule has 1 aliphatic heterocycles. The average Bonchev–Trinajstić information content (AvgIpc) is 3.38. The highest BCUT2D eigenvalue weighted by Gasteiger charge is 2.20. The molecule has 1 aromatic heterocycles. The first kappa shape index (κ1) is 19.2. The van der Waals surface area contributed by atoms with Crippen LogP contribution in [-0.4, -0.2) is 31.0 Å². The second-order valence-corrected chi connectivity index (χ2v) is 7.48. The van der Waals surface area contributed by atoms with Crippen molar-refractivity contribution < 1.29 is 18.3 Å². The molecular formula is C24H24FNO3. The predicted molar refractivity (Wildman–Crippen MR) is 112 cm³/mol.